The minimum Gasteiger partial charge on any atom is -0.233 e. The number of sulfonamides is 1. The summed E-state index contributed by atoms with van der Waals surface area (Å²) in [5, 5.41) is 4.52. The van der Waals surface area contributed by atoms with Crippen LogP contribution in [0.5, 0.6) is 0 Å². The largest absolute Gasteiger partial charge is 0.393 e. The molecule has 0 bridgehead atoms. The van der Waals surface area contributed by atoms with Crippen molar-refractivity contribution in [3.8, 4) is 5.69 Å². The van der Waals surface area contributed by atoms with Crippen molar-refractivity contribution in [3.05, 3.63) is 95.1 Å². The van der Waals surface area contributed by atoms with Gasteiger partial charge in [-0.25, -0.2) is 22.2 Å². The van der Waals surface area contributed by atoms with Crippen LogP contribution in [-0.2, 0) is 16.4 Å². The van der Waals surface area contributed by atoms with E-state index < -0.39 is 39.5 Å². The van der Waals surface area contributed by atoms with Gasteiger partial charge in [-0.3, -0.25) is 0 Å². The van der Waals surface area contributed by atoms with Crippen LogP contribution in [0.4, 0.5) is 17.6 Å². The predicted molar refractivity (Wildman–Crippen MR) is 139 cm³/mol. The molecular weight excluding hydrogens is 530 g/mol. The first kappa shape index (κ1) is 26.0. The highest BCUT2D eigenvalue weighted by molar-refractivity contribution is 7.89. The Hall–Kier alpha value is -3.24. The van der Waals surface area contributed by atoms with Crippen LogP contribution < -0.4 is 4.72 Å². The normalized spacial score (nSPS) is 26.6. The molecule has 1 heterocycles. The highest BCUT2D eigenvalue weighted by atomic mass is 32.2. The van der Waals surface area contributed by atoms with E-state index in [1.165, 1.54) is 24.3 Å². The van der Waals surface area contributed by atoms with Crippen LogP contribution in [-0.4, -0.2) is 30.4 Å². The van der Waals surface area contributed by atoms with Gasteiger partial charge in [0.1, 0.15) is 5.82 Å². The average molecular weight is 558 g/mol. The molecule has 1 N–H and O–H groups in total. The highest BCUT2D eigenvalue weighted by Crippen LogP contribution is 2.57. The molecule has 204 valence electrons. The third kappa shape index (κ3) is 4.43. The number of allylic oxidation sites excluding steroid dienone is 2. The molecule has 10 heteroatoms. The van der Waals surface area contributed by atoms with Gasteiger partial charge in [0.2, 0.25) is 10.0 Å². The Kier molecular flexibility index (Phi) is 6.11. The number of alkyl halides is 3. The summed E-state index contributed by atoms with van der Waals surface area (Å²) < 4.78 is 86.8. The lowest BCUT2D eigenvalue weighted by Gasteiger charge is -2.51. The van der Waals surface area contributed by atoms with Crippen molar-refractivity contribution in [1.82, 2.24) is 14.5 Å². The maximum atomic E-state index is 14.2. The zero-order valence-corrected chi connectivity index (χ0v) is 21.9. The van der Waals surface area contributed by atoms with E-state index in [-0.39, 0.29) is 17.1 Å². The van der Waals surface area contributed by atoms with Gasteiger partial charge in [0.15, 0.2) is 0 Å². The van der Waals surface area contributed by atoms with Gasteiger partial charge in [-0.05, 0) is 79.6 Å². The molecule has 0 saturated heterocycles. The topological polar surface area (TPSA) is 64.0 Å². The summed E-state index contributed by atoms with van der Waals surface area (Å²) in [4.78, 5) is -0.0554. The lowest BCUT2D eigenvalue weighted by Crippen LogP contribution is -2.55. The second-order valence-corrected chi connectivity index (χ2v) is 12.5. The zero-order chi connectivity index (χ0) is 27.6. The van der Waals surface area contributed by atoms with E-state index in [2.05, 4.69) is 9.82 Å². The Bertz CT molecular complexity index is 1580. The molecule has 5 nitrogen and oxygen atoms in total. The maximum absolute atomic E-state index is 14.2. The number of aromatic nitrogens is 2. The Labute approximate surface area is 224 Å². The van der Waals surface area contributed by atoms with E-state index in [4.69, 9.17) is 0 Å². The van der Waals surface area contributed by atoms with Gasteiger partial charge in [-0.15, -0.1) is 0 Å². The van der Waals surface area contributed by atoms with Crippen molar-refractivity contribution < 1.29 is 26.0 Å². The molecule has 0 amide bonds. The van der Waals surface area contributed by atoms with Crippen molar-refractivity contribution in [2.24, 2.45) is 17.3 Å². The fraction of sp³-hybridized carbons (Fsp3) is 0.345. The predicted octanol–water partition coefficient (Wildman–Crippen LogP) is 6.22. The quantitative estimate of drug-likeness (QED) is 0.306. The van der Waals surface area contributed by atoms with E-state index >= 15 is 0 Å². The zero-order valence-electron chi connectivity index (χ0n) is 21.1. The highest BCUT2D eigenvalue weighted by Gasteiger charge is 2.55. The van der Waals surface area contributed by atoms with Crippen LogP contribution in [0.2, 0.25) is 0 Å². The molecule has 1 saturated carbocycles. The number of nitrogens with one attached hydrogen (secondary N) is 1. The van der Waals surface area contributed by atoms with Gasteiger partial charge in [0, 0.05) is 11.5 Å². The molecule has 0 aliphatic heterocycles. The monoisotopic (exact) mass is 557 g/mol. The first-order valence-electron chi connectivity index (χ1n) is 12.9. The maximum Gasteiger partial charge on any atom is 0.393 e. The van der Waals surface area contributed by atoms with Crippen molar-refractivity contribution >= 4 is 16.1 Å². The van der Waals surface area contributed by atoms with Gasteiger partial charge in [0.05, 0.1) is 28.4 Å². The molecular formula is C29H27F4N3O2S. The van der Waals surface area contributed by atoms with Gasteiger partial charge < -0.3 is 0 Å². The Morgan fingerprint density at radius 1 is 1.08 bits per heavy atom. The molecule has 1 fully saturated rings. The lowest BCUT2D eigenvalue weighted by atomic mass is 9.55. The van der Waals surface area contributed by atoms with Crippen molar-refractivity contribution in [2.75, 3.05) is 0 Å². The minimum atomic E-state index is -4.56. The van der Waals surface area contributed by atoms with Crippen LogP contribution in [0.3, 0.4) is 0 Å². The first-order valence-corrected chi connectivity index (χ1v) is 14.3. The van der Waals surface area contributed by atoms with Crippen LogP contribution in [0.1, 0.15) is 37.4 Å². The average Bonchev–Trinajstić information content (AvgIpc) is 3.29. The summed E-state index contributed by atoms with van der Waals surface area (Å²) in [6, 6.07) is 12.3. The fourth-order valence-electron chi connectivity index (χ4n) is 6.58. The molecule has 0 radical (unpaired) electrons. The summed E-state index contributed by atoms with van der Waals surface area (Å²) >= 11 is 0. The van der Waals surface area contributed by atoms with Gasteiger partial charge in [-0.1, -0.05) is 42.3 Å². The number of fused-ring (bicyclic) bond motifs is 4. The summed E-state index contributed by atoms with van der Waals surface area (Å²) in [5.41, 5.74) is 3.90. The van der Waals surface area contributed by atoms with Gasteiger partial charge >= 0.3 is 6.18 Å². The summed E-state index contributed by atoms with van der Waals surface area (Å²) in [5.74, 6) is -2.76. The van der Waals surface area contributed by atoms with Gasteiger partial charge in [0.25, 0.3) is 0 Å². The molecule has 4 atom stereocenters. The Balaban J connectivity index is 1.37. The number of nitrogens with zero attached hydrogens (tertiary/aromatic N) is 2. The van der Waals surface area contributed by atoms with Crippen molar-refractivity contribution in [1.29, 1.82) is 0 Å². The number of hydrogen-bond acceptors (Lipinski definition) is 3. The van der Waals surface area contributed by atoms with E-state index in [1.54, 1.807) is 47.3 Å². The third-order valence-electron chi connectivity index (χ3n) is 8.51. The van der Waals surface area contributed by atoms with Crippen LogP contribution >= 0.6 is 0 Å². The Morgan fingerprint density at radius 3 is 2.49 bits per heavy atom. The molecule has 39 heavy (non-hydrogen) atoms. The molecule has 1 aromatic heterocycles. The van der Waals surface area contributed by atoms with Crippen molar-refractivity contribution in [3.63, 3.8) is 0 Å². The number of benzene rings is 2. The van der Waals surface area contributed by atoms with Crippen molar-refractivity contribution in [2.45, 2.75) is 49.7 Å². The summed E-state index contributed by atoms with van der Waals surface area (Å²) in [6.45, 7) is 2.03. The Morgan fingerprint density at radius 2 is 1.79 bits per heavy atom. The van der Waals surface area contributed by atoms with Crippen LogP contribution in [0.25, 0.3) is 11.8 Å². The molecule has 2 aromatic carbocycles. The third-order valence-corrected chi connectivity index (χ3v) is 9.98. The standard InChI is InChI=1S/C29H27F4N3O2S/c1-28-16-18-17-34-36(21-10-8-20(30)9-11-21)26(18)15-19(28)7-12-23-24(28)13-14-25(29(31,32)33)27(23)35-39(37,38)22-5-3-2-4-6-22/h2-6,8-11,13,15,17,23,25,27,35H,7,12,14,16H2,1H3/t23?,25-,27-,28+/m1/s1. The minimum absolute atomic E-state index is 0.0554. The van der Waals surface area contributed by atoms with E-state index in [0.29, 0.717) is 24.9 Å². The molecule has 3 aliphatic carbocycles. The number of hydrogen-bond donors (Lipinski definition) is 1. The number of rotatable bonds is 4. The summed E-state index contributed by atoms with van der Waals surface area (Å²) in [6.07, 6.45) is 2.10. The molecule has 3 aliphatic rings. The van der Waals surface area contributed by atoms with Crippen LogP contribution in [0.15, 0.2) is 82.9 Å². The SMILES string of the molecule is C[C@]12Cc3cnn(-c4ccc(F)cc4)c3C=C1CCC1C2=CC[C@@H](C(F)(F)F)[C@@H]1NS(=O)(=O)c1ccccc1. The lowest BCUT2D eigenvalue weighted by molar-refractivity contribution is -0.185. The second kappa shape index (κ2) is 9.16. The van der Waals surface area contributed by atoms with E-state index in [0.717, 1.165) is 22.4 Å². The van der Waals surface area contributed by atoms with Gasteiger partial charge in [-0.2, -0.15) is 18.3 Å². The number of halogens is 4. The fourth-order valence-corrected chi connectivity index (χ4v) is 7.92. The molecule has 3 aromatic rings. The smallest absolute Gasteiger partial charge is 0.233 e. The second-order valence-electron chi connectivity index (χ2n) is 10.8. The van der Waals surface area contributed by atoms with E-state index in [1.807, 2.05) is 13.0 Å². The first-order chi connectivity index (χ1) is 18.5. The van der Waals surface area contributed by atoms with E-state index in [9.17, 15) is 26.0 Å². The molecule has 6 rings (SSSR count). The van der Waals surface area contributed by atoms with Crippen LogP contribution in [0, 0.1) is 23.1 Å². The summed E-state index contributed by atoms with van der Waals surface area (Å²) in [7, 11) is -4.16. The molecule has 0 spiro atoms. The molecule has 1 unspecified atom stereocenters.